The zero-order chi connectivity index (χ0) is 23.3. The van der Waals surface area contributed by atoms with Gasteiger partial charge in [-0.15, -0.1) is 0 Å². The van der Waals surface area contributed by atoms with Crippen LogP contribution in [0.4, 0.5) is 17.1 Å². The standard InChI is InChI=1S/C22H22N4O4S2/c1-13-4-5-16(10-14(13)2)23-21(27)20(15-8-9-32-12-15)25-22(31)24-18-11-17(26(28)29)6-7-19(18)30-3/h4-12,20H,1-3H3,(H,23,27)(H2,24,25,31). The molecular weight excluding hydrogens is 448 g/mol. The van der Waals surface area contributed by atoms with Crippen molar-refractivity contribution >= 4 is 51.6 Å². The van der Waals surface area contributed by atoms with Gasteiger partial charge in [0.1, 0.15) is 11.8 Å². The van der Waals surface area contributed by atoms with Gasteiger partial charge in [0.25, 0.3) is 11.6 Å². The van der Waals surface area contributed by atoms with E-state index in [4.69, 9.17) is 17.0 Å². The van der Waals surface area contributed by atoms with Crippen molar-refractivity contribution in [3.05, 3.63) is 80.0 Å². The molecule has 0 saturated carbocycles. The number of amides is 1. The van der Waals surface area contributed by atoms with Crippen LogP contribution in [0.25, 0.3) is 0 Å². The number of methoxy groups -OCH3 is 1. The lowest BCUT2D eigenvalue weighted by atomic mass is 10.1. The number of ether oxygens (including phenoxy) is 1. The summed E-state index contributed by atoms with van der Waals surface area (Å²) in [7, 11) is 1.45. The number of nitro benzene ring substituents is 1. The molecule has 1 atom stereocenters. The Bertz CT molecular complexity index is 1150. The van der Waals surface area contributed by atoms with Crippen molar-refractivity contribution in [2.45, 2.75) is 19.9 Å². The van der Waals surface area contributed by atoms with Gasteiger partial charge >= 0.3 is 0 Å². The van der Waals surface area contributed by atoms with E-state index in [0.717, 1.165) is 16.7 Å². The molecule has 0 aliphatic heterocycles. The Balaban J connectivity index is 1.79. The molecule has 1 unspecified atom stereocenters. The lowest BCUT2D eigenvalue weighted by molar-refractivity contribution is -0.384. The second-order valence-electron chi connectivity index (χ2n) is 7.02. The second-order valence-corrected chi connectivity index (χ2v) is 8.21. The number of hydrogen-bond donors (Lipinski definition) is 3. The molecule has 1 heterocycles. The first-order chi connectivity index (χ1) is 15.3. The molecular formula is C22H22N4O4S2. The Morgan fingerprint density at radius 1 is 1.12 bits per heavy atom. The zero-order valence-corrected chi connectivity index (χ0v) is 19.3. The first kappa shape index (κ1) is 23.2. The highest BCUT2D eigenvalue weighted by molar-refractivity contribution is 7.80. The minimum atomic E-state index is -0.771. The lowest BCUT2D eigenvalue weighted by Crippen LogP contribution is -2.39. The number of hydrogen-bond acceptors (Lipinski definition) is 6. The second kappa shape index (κ2) is 10.2. The van der Waals surface area contributed by atoms with Crippen LogP contribution in [0.5, 0.6) is 5.75 Å². The largest absolute Gasteiger partial charge is 0.495 e. The molecule has 3 aromatic rings. The van der Waals surface area contributed by atoms with Crippen molar-refractivity contribution in [2.75, 3.05) is 17.7 Å². The van der Waals surface area contributed by atoms with Gasteiger partial charge in [0.2, 0.25) is 0 Å². The van der Waals surface area contributed by atoms with Crippen LogP contribution in [0, 0.1) is 24.0 Å². The number of carbonyl (C=O) groups is 1. The summed E-state index contributed by atoms with van der Waals surface area (Å²) in [6, 6.07) is 10.9. The average molecular weight is 471 g/mol. The van der Waals surface area contributed by atoms with Crippen LogP contribution in [-0.2, 0) is 4.79 Å². The van der Waals surface area contributed by atoms with E-state index in [2.05, 4.69) is 16.0 Å². The number of nitrogens with one attached hydrogen (secondary N) is 3. The number of nitro groups is 1. The van der Waals surface area contributed by atoms with Crippen molar-refractivity contribution in [3.8, 4) is 5.75 Å². The minimum absolute atomic E-state index is 0.113. The van der Waals surface area contributed by atoms with E-state index in [-0.39, 0.29) is 16.7 Å². The van der Waals surface area contributed by atoms with E-state index in [1.807, 2.05) is 48.9 Å². The molecule has 0 spiro atoms. The molecule has 3 N–H and O–H groups in total. The third kappa shape index (κ3) is 5.59. The van der Waals surface area contributed by atoms with Gasteiger partial charge in [-0.25, -0.2) is 0 Å². The zero-order valence-electron chi connectivity index (χ0n) is 17.7. The molecule has 1 amide bonds. The van der Waals surface area contributed by atoms with Crippen LogP contribution in [0.2, 0.25) is 0 Å². The molecule has 0 saturated heterocycles. The van der Waals surface area contributed by atoms with Gasteiger partial charge in [0.15, 0.2) is 5.11 Å². The van der Waals surface area contributed by atoms with Gasteiger partial charge in [-0.3, -0.25) is 14.9 Å². The number of benzene rings is 2. The molecule has 0 aliphatic rings. The SMILES string of the molecule is COc1ccc([N+](=O)[O-])cc1NC(=S)NC(C(=O)Nc1ccc(C)c(C)c1)c1ccsc1. The number of nitrogens with zero attached hydrogens (tertiary/aromatic N) is 1. The summed E-state index contributed by atoms with van der Waals surface area (Å²) in [5, 5.41) is 23.8. The van der Waals surface area contributed by atoms with Crippen LogP contribution in [0.3, 0.4) is 0 Å². The van der Waals surface area contributed by atoms with E-state index in [1.165, 1.54) is 36.6 Å². The van der Waals surface area contributed by atoms with Gasteiger partial charge in [0, 0.05) is 17.8 Å². The highest BCUT2D eigenvalue weighted by atomic mass is 32.1. The molecule has 166 valence electrons. The van der Waals surface area contributed by atoms with E-state index in [0.29, 0.717) is 17.1 Å². The average Bonchev–Trinajstić information content (AvgIpc) is 3.29. The molecule has 1 aromatic heterocycles. The number of carbonyl (C=O) groups excluding carboxylic acids is 1. The first-order valence-corrected chi connectivity index (χ1v) is 10.9. The van der Waals surface area contributed by atoms with Crippen LogP contribution in [0.1, 0.15) is 22.7 Å². The van der Waals surface area contributed by atoms with Crippen LogP contribution < -0.4 is 20.7 Å². The Kier molecular flexibility index (Phi) is 7.39. The Labute approximate surface area is 194 Å². The number of aryl methyl sites for hydroxylation is 2. The van der Waals surface area contributed by atoms with Gasteiger partial charge in [-0.2, -0.15) is 11.3 Å². The van der Waals surface area contributed by atoms with Gasteiger partial charge < -0.3 is 20.7 Å². The van der Waals surface area contributed by atoms with Gasteiger partial charge in [-0.1, -0.05) is 6.07 Å². The lowest BCUT2D eigenvalue weighted by Gasteiger charge is -2.21. The Hall–Kier alpha value is -3.50. The van der Waals surface area contributed by atoms with Crippen molar-refractivity contribution < 1.29 is 14.5 Å². The molecule has 0 radical (unpaired) electrons. The van der Waals surface area contributed by atoms with E-state index < -0.39 is 11.0 Å². The van der Waals surface area contributed by atoms with Crippen molar-refractivity contribution in [1.29, 1.82) is 0 Å². The normalized spacial score (nSPS) is 11.3. The maximum absolute atomic E-state index is 13.1. The summed E-state index contributed by atoms with van der Waals surface area (Å²) in [6.07, 6.45) is 0. The van der Waals surface area contributed by atoms with Crippen molar-refractivity contribution in [2.24, 2.45) is 0 Å². The fraction of sp³-hybridized carbons (Fsp3) is 0.182. The number of rotatable bonds is 7. The first-order valence-electron chi connectivity index (χ1n) is 9.58. The molecule has 32 heavy (non-hydrogen) atoms. The summed E-state index contributed by atoms with van der Waals surface area (Å²) in [6.45, 7) is 3.98. The van der Waals surface area contributed by atoms with Crippen LogP contribution >= 0.6 is 23.6 Å². The monoisotopic (exact) mass is 470 g/mol. The predicted octanol–water partition coefficient (Wildman–Crippen LogP) is 4.95. The molecule has 0 bridgehead atoms. The van der Waals surface area contributed by atoms with Crippen molar-refractivity contribution in [3.63, 3.8) is 0 Å². The molecule has 10 heteroatoms. The summed E-state index contributed by atoms with van der Waals surface area (Å²) in [5.41, 5.74) is 3.83. The molecule has 0 fully saturated rings. The summed E-state index contributed by atoms with van der Waals surface area (Å²) in [4.78, 5) is 23.7. The highest BCUT2D eigenvalue weighted by Crippen LogP contribution is 2.29. The fourth-order valence-electron chi connectivity index (χ4n) is 2.97. The highest BCUT2D eigenvalue weighted by Gasteiger charge is 2.23. The van der Waals surface area contributed by atoms with Gasteiger partial charge in [0.05, 0.1) is 17.7 Å². The number of thiophene rings is 1. The Morgan fingerprint density at radius 3 is 2.53 bits per heavy atom. The minimum Gasteiger partial charge on any atom is -0.495 e. The summed E-state index contributed by atoms with van der Waals surface area (Å²) >= 11 is 6.86. The maximum atomic E-state index is 13.1. The van der Waals surface area contributed by atoms with Crippen LogP contribution in [-0.4, -0.2) is 23.1 Å². The van der Waals surface area contributed by atoms with E-state index >= 15 is 0 Å². The van der Waals surface area contributed by atoms with Crippen molar-refractivity contribution in [1.82, 2.24) is 5.32 Å². The molecule has 8 nitrogen and oxygen atoms in total. The maximum Gasteiger partial charge on any atom is 0.271 e. The smallest absolute Gasteiger partial charge is 0.271 e. The summed E-state index contributed by atoms with van der Waals surface area (Å²) in [5.74, 6) is 0.0909. The predicted molar refractivity (Wildman–Crippen MR) is 131 cm³/mol. The third-order valence-corrected chi connectivity index (χ3v) is 5.75. The molecule has 0 aliphatic carbocycles. The Morgan fingerprint density at radius 2 is 1.91 bits per heavy atom. The third-order valence-electron chi connectivity index (χ3n) is 4.83. The number of thiocarbonyl (C=S) groups is 1. The number of anilines is 2. The number of non-ortho nitro benzene ring substituents is 1. The topological polar surface area (TPSA) is 106 Å². The quantitative estimate of drug-likeness (QED) is 0.255. The summed E-state index contributed by atoms with van der Waals surface area (Å²) < 4.78 is 5.26. The van der Waals surface area contributed by atoms with E-state index in [1.54, 1.807) is 0 Å². The van der Waals surface area contributed by atoms with Crippen LogP contribution in [0.15, 0.2) is 53.2 Å². The fourth-order valence-corrected chi connectivity index (χ4v) is 3.88. The molecule has 3 rings (SSSR count). The van der Waals surface area contributed by atoms with E-state index in [9.17, 15) is 14.9 Å². The van der Waals surface area contributed by atoms with Gasteiger partial charge in [-0.05, 0) is 77.8 Å². The molecule has 2 aromatic carbocycles.